The van der Waals surface area contributed by atoms with Gasteiger partial charge < -0.3 is 9.88 Å². The Morgan fingerprint density at radius 2 is 2.25 bits per heavy atom. The van der Waals surface area contributed by atoms with Crippen LogP contribution in [0.25, 0.3) is 0 Å². The van der Waals surface area contributed by atoms with E-state index in [1.54, 1.807) is 17.1 Å². The maximum atomic E-state index is 11.8. The summed E-state index contributed by atoms with van der Waals surface area (Å²) in [6.07, 6.45) is 8.59. The molecule has 0 unspecified atom stereocenters. The van der Waals surface area contributed by atoms with E-state index in [2.05, 4.69) is 33.8 Å². The second-order valence-corrected chi connectivity index (χ2v) is 5.14. The number of hydrogen-bond donors (Lipinski definition) is 1. The normalized spacial score (nSPS) is 11.0. The Bertz CT molecular complexity index is 570. The monoisotopic (exact) mass is 275 g/mol. The van der Waals surface area contributed by atoms with Crippen LogP contribution < -0.4 is 5.32 Å². The minimum absolute atomic E-state index is 0.0344. The molecule has 0 aromatic carbocycles. The van der Waals surface area contributed by atoms with Crippen LogP contribution in [0, 0.1) is 0 Å². The van der Waals surface area contributed by atoms with E-state index >= 15 is 0 Å². The van der Waals surface area contributed by atoms with Crippen molar-refractivity contribution in [3.63, 3.8) is 0 Å². The van der Waals surface area contributed by atoms with Crippen molar-refractivity contribution < 1.29 is 4.79 Å². The van der Waals surface area contributed by atoms with Crippen molar-refractivity contribution in [3.05, 3.63) is 36.2 Å². The summed E-state index contributed by atoms with van der Waals surface area (Å²) in [5, 5.41) is 6.99. The lowest BCUT2D eigenvalue weighted by atomic mass is 10.2. The number of carbonyl (C=O) groups is 1. The van der Waals surface area contributed by atoms with E-state index in [4.69, 9.17) is 0 Å². The van der Waals surface area contributed by atoms with E-state index in [1.165, 1.54) is 0 Å². The van der Waals surface area contributed by atoms with Crippen molar-refractivity contribution in [2.24, 2.45) is 7.05 Å². The van der Waals surface area contributed by atoms with Gasteiger partial charge >= 0.3 is 0 Å². The van der Waals surface area contributed by atoms with Gasteiger partial charge in [0.15, 0.2) is 0 Å². The fraction of sp³-hybridized carbons (Fsp3) is 0.500. The molecule has 1 N–H and O–H groups in total. The Morgan fingerprint density at radius 1 is 1.45 bits per heavy atom. The summed E-state index contributed by atoms with van der Waals surface area (Å²) in [5.41, 5.74) is 1.08. The predicted molar refractivity (Wildman–Crippen MR) is 76.0 cm³/mol. The summed E-state index contributed by atoms with van der Waals surface area (Å²) in [4.78, 5) is 16.1. The fourth-order valence-electron chi connectivity index (χ4n) is 2.08. The standard InChI is InChI=1S/C14H21N5O/c1-11(2)19-7-6-15-13(19)9-16-14(20)5-4-12-8-17-18(3)10-12/h6-8,10-11H,4-5,9H2,1-3H3,(H,16,20). The molecule has 0 saturated heterocycles. The number of hydrogen-bond acceptors (Lipinski definition) is 3. The van der Waals surface area contributed by atoms with Gasteiger partial charge in [0.1, 0.15) is 5.82 Å². The van der Waals surface area contributed by atoms with Gasteiger partial charge in [-0.3, -0.25) is 9.48 Å². The molecule has 6 heteroatoms. The number of carbonyl (C=O) groups excluding carboxylic acids is 1. The van der Waals surface area contributed by atoms with Crippen molar-refractivity contribution in [1.29, 1.82) is 0 Å². The third-order valence-electron chi connectivity index (χ3n) is 3.15. The number of amides is 1. The van der Waals surface area contributed by atoms with E-state index in [0.29, 0.717) is 25.4 Å². The van der Waals surface area contributed by atoms with Crippen molar-refractivity contribution in [2.45, 2.75) is 39.3 Å². The molecule has 2 rings (SSSR count). The van der Waals surface area contributed by atoms with Crippen LogP contribution in [0.15, 0.2) is 24.8 Å². The summed E-state index contributed by atoms with van der Waals surface area (Å²) < 4.78 is 3.80. The average molecular weight is 275 g/mol. The molecule has 0 spiro atoms. The van der Waals surface area contributed by atoms with Gasteiger partial charge in [-0.2, -0.15) is 5.10 Å². The minimum atomic E-state index is 0.0344. The van der Waals surface area contributed by atoms with Gasteiger partial charge in [0.05, 0.1) is 12.7 Å². The number of imidazole rings is 1. The van der Waals surface area contributed by atoms with Gasteiger partial charge in [-0.15, -0.1) is 0 Å². The number of aryl methyl sites for hydroxylation is 2. The summed E-state index contributed by atoms with van der Waals surface area (Å²) >= 11 is 0. The lowest BCUT2D eigenvalue weighted by Gasteiger charge is -2.11. The molecule has 0 saturated carbocycles. The van der Waals surface area contributed by atoms with Crippen LogP contribution in [0.4, 0.5) is 0 Å². The first-order chi connectivity index (χ1) is 9.56. The van der Waals surface area contributed by atoms with Crippen LogP contribution in [0.1, 0.15) is 37.7 Å². The third-order valence-corrected chi connectivity index (χ3v) is 3.15. The summed E-state index contributed by atoms with van der Waals surface area (Å²) in [5.74, 6) is 0.918. The Kier molecular flexibility index (Phi) is 4.55. The number of nitrogens with zero attached hydrogens (tertiary/aromatic N) is 4. The largest absolute Gasteiger partial charge is 0.349 e. The van der Waals surface area contributed by atoms with Gasteiger partial charge in [-0.05, 0) is 25.8 Å². The first-order valence-electron chi connectivity index (χ1n) is 6.82. The molecule has 0 aliphatic heterocycles. The Balaban J connectivity index is 1.79. The quantitative estimate of drug-likeness (QED) is 0.867. The highest BCUT2D eigenvalue weighted by atomic mass is 16.1. The smallest absolute Gasteiger partial charge is 0.220 e. The zero-order chi connectivity index (χ0) is 14.5. The lowest BCUT2D eigenvalue weighted by Crippen LogP contribution is -2.25. The van der Waals surface area contributed by atoms with Crippen LogP contribution in [0.3, 0.4) is 0 Å². The van der Waals surface area contributed by atoms with Crippen LogP contribution in [0.5, 0.6) is 0 Å². The maximum absolute atomic E-state index is 11.8. The molecule has 20 heavy (non-hydrogen) atoms. The molecule has 0 radical (unpaired) electrons. The average Bonchev–Trinajstić information content (AvgIpc) is 3.02. The van der Waals surface area contributed by atoms with E-state index < -0.39 is 0 Å². The zero-order valence-electron chi connectivity index (χ0n) is 12.2. The Morgan fingerprint density at radius 3 is 2.90 bits per heavy atom. The second-order valence-electron chi connectivity index (χ2n) is 5.14. The van der Waals surface area contributed by atoms with E-state index in [9.17, 15) is 4.79 Å². The molecule has 0 aliphatic rings. The molecule has 2 aromatic rings. The molecule has 0 atom stereocenters. The van der Waals surface area contributed by atoms with Crippen molar-refractivity contribution in [3.8, 4) is 0 Å². The van der Waals surface area contributed by atoms with Crippen LogP contribution >= 0.6 is 0 Å². The molecule has 0 bridgehead atoms. The van der Waals surface area contributed by atoms with E-state index in [0.717, 1.165) is 11.4 Å². The molecule has 1 amide bonds. The highest BCUT2D eigenvalue weighted by molar-refractivity contribution is 5.76. The molecule has 108 valence electrons. The van der Waals surface area contributed by atoms with Gasteiger partial charge in [0, 0.05) is 38.1 Å². The first-order valence-corrected chi connectivity index (χ1v) is 6.82. The number of aromatic nitrogens is 4. The summed E-state index contributed by atoms with van der Waals surface area (Å²) in [7, 11) is 1.87. The van der Waals surface area contributed by atoms with E-state index in [1.807, 2.05) is 19.4 Å². The zero-order valence-corrected chi connectivity index (χ0v) is 12.2. The highest BCUT2D eigenvalue weighted by Crippen LogP contribution is 2.07. The predicted octanol–water partition coefficient (Wildman–Crippen LogP) is 1.45. The molecule has 2 heterocycles. The maximum Gasteiger partial charge on any atom is 0.220 e. The van der Waals surface area contributed by atoms with Gasteiger partial charge in [0.2, 0.25) is 5.91 Å². The number of nitrogens with one attached hydrogen (secondary N) is 1. The van der Waals surface area contributed by atoms with Crippen molar-refractivity contribution >= 4 is 5.91 Å². The Labute approximate surface area is 118 Å². The number of rotatable bonds is 6. The van der Waals surface area contributed by atoms with Crippen LogP contribution in [-0.4, -0.2) is 25.2 Å². The fourth-order valence-corrected chi connectivity index (χ4v) is 2.08. The molecule has 0 aliphatic carbocycles. The molecule has 6 nitrogen and oxygen atoms in total. The SMILES string of the molecule is CC(C)n1ccnc1CNC(=O)CCc1cnn(C)c1. The topological polar surface area (TPSA) is 64.7 Å². The highest BCUT2D eigenvalue weighted by Gasteiger charge is 2.08. The van der Waals surface area contributed by atoms with Gasteiger partial charge in [-0.1, -0.05) is 0 Å². The van der Waals surface area contributed by atoms with Crippen LogP contribution in [-0.2, 0) is 24.8 Å². The van der Waals surface area contributed by atoms with Crippen LogP contribution in [0.2, 0.25) is 0 Å². The van der Waals surface area contributed by atoms with Gasteiger partial charge in [0.25, 0.3) is 0 Å². The lowest BCUT2D eigenvalue weighted by molar-refractivity contribution is -0.121. The Hall–Kier alpha value is -2.11. The molecular weight excluding hydrogens is 254 g/mol. The molecular formula is C14H21N5O. The van der Waals surface area contributed by atoms with Crippen molar-refractivity contribution in [1.82, 2.24) is 24.6 Å². The first kappa shape index (κ1) is 14.3. The molecule has 2 aromatic heterocycles. The summed E-state index contributed by atoms with van der Waals surface area (Å²) in [6.45, 7) is 4.65. The molecule has 0 fully saturated rings. The second kappa shape index (κ2) is 6.36. The van der Waals surface area contributed by atoms with Crippen molar-refractivity contribution in [2.75, 3.05) is 0 Å². The van der Waals surface area contributed by atoms with Gasteiger partial charge in [-0.25, -0.2) is 4.98 Å². The van der Waals surface area contributed by atoms with E-state index in [-0.39, 0.29) is 5.91 Å². The summed E-state index contributed by atoms with van der Waals surface area (Å²) in [6, 6.07) is 0.347. The minimum Gasteiger partial charge on any atom is -0.349 e. The third kappa shape index (κ3) is 3.69.